The van der Waals surface area contributed by atoms with Gasteiger partial charge in [0.2, 0.25) is 5.91 Å². The molecule has 5 nitrogen and oxygen atoms in total. The number of carbonyl (C=O) groups excluding carboxylic acids is 1. The second-order valence-electron chi connectivity index (χ2n) is 3.56. The normalized spacial score (nSPS) is 13.6. The molecule has 0 spiro atoms. The third-order valence-corrected chi connectivity index (χ3v) is 2.14. The standard InChI is InChI=1S/C11H18N2O3/c1-3-5-7-8(12)10(14)13-9(6-4-2)11(15)16/h2,8-9H,3,5-7,12H2,1H3,(H,13,14)(H,15,16). The molecule has 0 aromatic heterocycles. The number of nitrogens with two attached hydrogens (primary N) is 1. The van der Waals surface area contributed by atoms with E-state index in [1.807, 2.05) is 6.92 Å². The average molecular weight is 226 g/mol. The molecule has 0 aromatic carbocycles. The Hall–Kier alpha value is -1.54. The lowest BCUT2D eigenvalue weighted by atomic mass is 10.1. The van der Waals surface area contributed by atoms with Gasteiger partial charge in [0.15, 0.2) is 0 Å². The van der Waals surface area contributed by atoms with Crippen molar-refractivity contribution < 1.29 is 14.7 Å². The summed E-state index contributed by atoms with van der Waals surface area (Å²) in [5, 5.41) is 11.1. The van der Waals surface area contributed by atoms with Gasteiger partial charge in [0.25, 0.3) is 0 Å². The van der Waals surface area contributed by atoms with Gasteiger partial charge in [-0.15, -0.1) is 12.3 Å². The van der Waals surface area contributed by atoms with Crippen LogP contribution in [0.5, 0.6) is 0 Å². The Balaban J connectivity index is 4.18. The molecule has 0 aromatic rings. The van der Waals surface area contributed by atoms with Crippen LogP contribution in [-0.2, 0) is 9.59 Å². The molecule has 0 radical (unpaired) electrons. The maximum absolute atomic E-state index is 11.5. The van der Waals surface area contributed by atoms with Crippen LogP contribution in [0, 0.1) is 12.3 Å². The van der Waals surface area contributed by atoms with Crippen LogP contribution in [0.1, 0.15) is 32.6 Å². The molecule has 2 unspecified atom stereocenters. The maximum Gasteiger partial charge on any atom is 0.327 e. The number of nitrogens with one attached hydrogen (secondary N) is 1. The Morgan fingerprint density at radius 1 is 1.56 bits per heavy atom. The summed E-state index contributed by atoms with van der Waals surface area (Å²) in [5.74, 6) is 0.594. The number of carboxylic acid groups (broad SMARTS) is 1. The first-order chi connectivity index (χ1) is 7.52. The number of aliphatic carboxylic acids is 1. The van der Waals surface area contributed by atoms with Crippen LogP contribution in [0.25, 0.3) is 0 Å². The predicted octanol–water partition coefficient (Wildman–Crippen LogP) is 0.0966. The van der Waals surface area contributed by atoms with Crippen LogP contribution < -0.4 is 11.1 Å². The predicted molar refractivity (Wildman–Crippen MR) is 60.5 cm³/mol. The van der Waals surface area contributed by atoms with Gasteiger partial charge in [-0.05, 0) is 6.42 Å². The molecule has 0 aliphatic rings. The highest BCUT2D eigenvalue weighted by Gasteiger charge is 2.21. The Kier molecular flexibility index (Phi) is 6.97. The number of amides is 1. The lowest BCUT2D eigenvalue weighted by molar-refractivity contribution is -0.141. The van der Waals surface area contributed by atoms with E-state index >= 15 is 0 Å². The topological polar surface area (TPSA) is 92.4 Å². The molecule has 0 aliphatic heterocycles. The van der Waals surface area contributed by atoms with Crippen LogP contribution in [0.4, 0.5) is 0 Å². The zero-order valence-corrected chi connectivity index (χ0v) is 9.40. The monoisotopic (exact) mass is 226 g/mol. The molecule has 0 rings (SSSR count). The van der Waals surface area contributed by atoms with Crippen molar-refractivity contribution in [1.29, 1.82) is 0 Å². The summed E-state index contributed by atoms with van der Waals surface area (Å²) < 4.78 is 0. The van der Waals surface area contributed by atoms with Crippen LogP contribution in [-0.4, -0.2) is 29.1 Å². The van der Waals surface area contributed by atoms with Gasteiger partial charge >= 0.3 is 5.97 Å². The van der Waals surface area contributed by atoms with Crippen LogP contribution in [0.15, 0.2) is 0 Å². The van der Waals surface area contributed by atoms with E-state index in [4.69, 9.17) is 17.3 Å². The fraction of sp³-hybridized carbons (Fsp3) is 0.636. The van der Waals surface area contributed by atoms with Crippen molar-refractivity contribution in [1.82, 2.24) is 5.32 Å². The molecule has 90 valence electrons. The Bertz CT molecular complexity index is 283. The van der Waals surface area contributed by atoms with Gasteiger partial charge in [0.05, 0.1) is 6.04 Å². The van der Waals surface area contributed by atoms with Crippen molar-refractivity contribution in [2.24, 2.45) is 5.73 Å². The van der Waals surface area contributed by atoms with E-state index in [2.05, 4.69) is 11.2 Å². The minimum atomic E-state index is -1.14. The van der Waals surface area contributed by atoms with Gasteiger partial charge in [0, 0.05) is 6.42 Å². The van der Waals surface area contributed by atoms with E-state index < -0.39 is 24.0 Å². The Labute approximate surface area is 95.4 Å². The molecule has 1 amide bonds. The van der Waals surface area contributed by atoms with Gasteiger partial charge in [-0.25, -0.2) is 4.79 Å². The summed E-state index contributed by atoms with van der Waals surface area (Å²) in [7, 11) is 0. The van der Waals surface area contributed by atoms with Crippen molar-refractivity contribution in [2.75, 3.05) is 0 Å². The van der Waals surface area contributed by atoms with Crippen molar-refractivity contribution in [3.8, 4) is 12.3 Å². The summed E-state index contributed by atoms with van der Waals surface area (Å²) in [5.41, 5.74) is 5.59. The van der Waals surface area contributed by atoms with Crippen LogP contribution >= 0.6 is 0 Å². The minimum Gasteiger partial charge on any atom is -0.480 e. The van der Waals surface area contributed by atoms with Crippen LogP contribution in [0.3, 0.4) is 0 Å². The highest BCUT2D eigenvalue weighted by atomic mass is 16.4. The number of hydrogen-bond acceptors (Lipinski definition) is 3. The number of unbranched alkanes of at least 4 members (excludes halogenated alkanes) is 1. The number of carbonyl (C=O) groups is 2. The fourth-order valence-corrected chi connectivity index (χ4v) is 1.15. The molecule has 0 saturated heterocycles. The number of terminal acetylenes is 1. The number of rotatable bonds is 7. The highest BCUT2D eigenvalue weighted by molar-refractivity contribution is 5.86. The Morgan fingerprint density at radius 3 is 2.62 bits per heavy atom. The average Bonchev–Trinajstić information content (AvgIpc) is 2.24. The molecule has 0 saturated carbocycles. The second-order valence-corrected chi connectivity index (χ2v) is 3.56. The van der Waals surface area contributed by atoms with E-state index in [1.165, 1.54) is 0 Å². The second kappa shape index (κ2) is 7.71. The third-order valence-electron chi connectivity index (χ3n) is 2.14. The number of hydrogen-bond donors (Lipinski definition) is 3. The summed E-state index contributed by atoms with van der Waals surface area (Å²) in [4.78, 5) is 22.2. The molecular formula is C11H18N2O3. The molecule has 0 bridgehead atoms. The summed E-state index contributed by atoms with van der Waals surface area (Å²) in [6.07, 6.45) is 7.28. The van der Waals surface area contributed by atoms with E-state index in [1.54, 1.807) is 0 Å². The molecule has 2 atom stereocenters. The zero-order valence-electron chi connectivity index (χ0n) is 9.40. The van der Waals surface area contributed by atoms with Gasteiger partial charge < -0.3 is 16.2 Å². The first kappa shape index (κ1) is 14.5. The summed E-state index contributed by atoms with van der Waals surface area (Å²) >= 11 is 0. The van der Waals surface area contributed by atoms with E-state index in [0.29, 0.717) is 6.42 Å². The summed E-state index contributed by atoms with van der Waals surface area (Å²) in [6.45, 7) is 1.99. The van der Waals surface area contributed by atoms with Gasteiger partial charge in [0.1, 0.15) is 6.04 Å². The fourth-order valence-electron chi connectivity index (χ4n) is 1.15. The first-order valence-corrected chi connectivity index (χ1v) is 5.25. The molecular weight excluding hydrogens is 208 g/mol. The number of carboxylic acids is 1. The quantitative estimate of drug-likeness (QED) is 0.537. The van der Waals surface area contributed by atoms with Crippen molar-refractivity contribution in [2.45, 2.75) is 44.7 Å². The van der Waals surface area contributed by atoms with E-state index in [9.17, 15) is 9.59 Å². The Morgan fingerprint density at radius 2 is 2.19 bits per heavy atom. The molecule has 5 heteroatoms. The van der Waals surface area contributed by atoms with Crippen LogP contribution in [0.2, 0.25) is 0 Å². The molecule has 4 N–H and O–H groups in total. The SMILES string of the molecule is C#CCC(NC(=O)C(N)CCCC)C(=O)O. The van der Waals surface area contributed by atoms with Crippen molar-refractivity contribution in [3.05, 3.63) is 0 Å². The van der Waals surface area contributed by atoms with Gasteiger partial charge in [-0.3, -0.25) is 4.79 Å². The highest BCUT2D eigenvalue weighted by Crippen LogP contribution is 1.99. The largest absolute Gasteiger partial charge is 0.480 e. The third kappa shape index (κ3) is 5.37. The first-order valence-electron chi connectivity index (χ1n) is 5.25. The maximum atomic E-state index is 11.5. The molecule has 0 heterocycles. The van der Waals surface area contributed by atoms with E-state index in [0.717, 1.165) is 12.8 Å². The van der Waals surface area contributed by atoms with Crippen molar-refractivity contribution in [3.63, 3.8) is 0 Å². The van der Waals surface area contributed by atoms with Gasteiger partial charge in [-0.2, -0.15) is 0 Å². The molecule has 0 fully saturated rings. The summed E-state index contributed by atoms with van der Waals surface area (Å²) in [6, 6.07) is -1.72. The zero-order chi connectivity index (χ0) is 12.6. The lowest BCUT2D eigenvalue weighted by Gasteiger charge is -2.15. The van der Waals surface area contributed by atoms with Gasteiger partial charge in [-0.1, -0.05) is 19.8 Å². The van der Waals surface area contributed by atoms with Crippen molar-refractivity contribution >= 4 is 11.9 Å². The smallest absolute Gasteiger partial charge is 0.327 e. The molecule has 0 aliphatic carbocycles. The molecule has 16 heavy (non-hydrogen) atoms. The minimum absolute atomic E-state index is 0.0401. The van der Waals surface area contributed by atoms with E-state index in [-0.39, 0.29) is 6.42 Å². The lowest BCUT2D eigenvalue weighted by Crippen LogP contribution is -2.48.